The molecular weight excluding hydrogens is 520 g/mol. The molecule has 2 heterocycles. The van der Waals surface area contributed by atoms with Crippen LogP contribution >= 0.6 is 11.3 Å². The van der Waals surface area contributed by atoms with Gasteiger partial charge in [-0.05, 0) is 61.2 Å². The maximum absolute atomic E-state index is 13.2. The standard InChI is InChI=1S/C25H24N2O8S2/c28-23(27-25-26-13-21(36-25)34-17-5-1-16(2-6-17)24(29)30)22(35-18-11-12-33-14-18)15-3-7-19(8-4-15)37(31,32)20-9-10-20/h1-8,13,18,20,22H,9-12,14H2,(H,29,30)(H,26,27,28)/t18-,22-/m0/s1. The molecule has 12 heteroatoms. The fraction of sp³-hybridized carbons (Fsp3) is 0.320. The van der Waals surface area contributed by atoms with E-state index in [-0.39, 0.29) is 26.9 Å². The molecule has 194 valence electrons. The minimum absolute atomic E-state index is 0.140. The molecule has 2 atom stereocenters. The van der Waals surface area contributed by atoms with Crippen LogP contribution in [0.4, 0.5) is 5.13 Å². The first-order chi connectivity index (χ1) is 17.8. The highest BCUT2D eigenvalue weighted by molar-refractivity contribution is 7.92. The van der Waals surface area contributed by atoms with Crippen LogP contribution in [0.1, 0.15) is 41.3 Å². The van der Waals surface area contributed by atoms with Gasteiger partial charge in [-0.15, -0.1) is 0 Å². The molecule has 0 spiro atoms. The van der Waals surface area contributed by atoms with Gasteiger partial charge >= 0.3 is 5.97 Å². The smallest absolute Gasteiger partial charge is 0.335 e. The van der Waals surface area contributed by atoms with Crippen LogP contribution in [-0.4, -0.2) is 55.0 Å². The van der Waals surface area contributed by atoms with Crippen molar-refractivity contribution in [2.75, 3.05) is 18.5 Å². The summed E-state index contributed by atoms with van der Waals surface area (Å²) >= 11 is 1.10. The van der Waals surface area contributed by atoms with E-state index in [0.717, 1.165) is 11.3 Å². The normalized spacial score (nSPS) is 18.3. The molecule has 0 radical (unpaired) electrons. The number of nitrogens with one attached hydrogen (secondary N) is 1. The molecule has 2 N–H and O–H groups in total. The zero-order valence-corrected chi connectivity index (χ0v) is 21.2. The van der Waals surface area contributed by atoms with Crippen molar-refractivity contribution in [1.29, 1.82) is 0 Å². The molecule has 2 aromatic carbocycles. The van der Waals surface area contributed by atoms with Crippen LogP contribution in [0.2, 0.25) is 0 Å². The van der Waals surface area contributed by atoms with Crippen molar-refractivity contribution in [3.8, 4) is 10.8 Å². The number of nitrogens with zero attached hydrogens (tertiary/aromatic N) is 1. The summed E-state index contributed by atoms with van der Waals surface area (Å²) in [6.07, 6.45) is 2.17. The lowest BCUT2D eigenvalue weighted by atomic mass is 10.1. The Morgan fingerprint density at radius 2 is 1.81 bits per heavy atom. The maximum atomic E-state index is 13.2. The van der Waals surface area contributed by atoms with Crippen molar-refractivity contribution in [2.24, 2.45) is 0 Å². The summed E-state index contributed by atoms with van der Waals surface area (Å²) < 4.78 is 42.2. The van der Waals surface area contributed by atoms with E-state index in [1.807, 2.05) is 0 Å². The zero-order valence-electron chi connectivity index (χ0n) is 19.5. The Morgan fingerprint density at radius 1 is 1.08 bits per heavy atom. The number of aromatic carboxylic acids is 1. The summed E-state index contributed by atoms with van der Waals surface area (Å²) in [6, 6.07) is 12.2. The number of anilines is 1. The molecular formula is C25H24N2O8S2. The van der Waals surface area contributed by atoms with Crippen molar-refractivity contribution in [3.63, 3.8) is 0 Å². The van der Waals surface area contributed by atoms with Crippen molar-refractivity contribution < 1.29 is 37.3 Å². The number of hydrogen-bond donors (Lipinski definition) is 2. The third-order valence-electron chi connectivity index (χ3n) is 5.96. The highest BCUT2D eigenvalue weighted by Gasteiger charge is 2.37. The number of benzene rings is 2. The molecule has 2 aliphatic rings. The van der Waals surface area contributed by atoms with E-state index in [9.17, 15) is 18.0 Å². The Hall–Kier alpha value is -3.32. The molecule has 1 saturated carbocycles. The summed E-state index contributed by atoms with van der Waals surface area (Å²) in [7, 11) is -3.34. The van der Waals surface area contributed by atoms with E-state index in [1.165, 1.54) is 42.6 Å². The summed E-state index contributed by atoms with van der Waals surface area (Å²) in [4.78, 5) is 28.7. The average molecular weight is 545 g/mol. The predicted molar refractivity (Wildman–Crippen MR) is 134 cm³/mol. The highest BCUT2D eigenvalue weighted by Crippen LogP contribution is 2.35. The highest BCUT2D eigenvalue weighted by atomic mass is 32.2. The molecule has 10 nitrogen and oxygen atoms in total. The van der Waals surface area contributed by atoms with Crippen LogP contribution in [0.25, 0.3) is 0 Å². The first-order valence-electron chi connectivity index (χ1n) is 11.6. The van der Waals surface area contributed by atoms with Crippen molar-refractivity contribution >= 4 is 38.2 Å². The van der Waals surface area contributed by atoms with Crippen LogP contribution in [0.3, 0.4) is 0 Å². The number of hydrogen-bond acceptors (Lipinski definition) is 9. The lowest BCUT2D eigenvalue weighted by Crippen LogP contribution is -2.28. The molecule has 1 amide bonds. The molecule has 0 unspecified atom stereocenters. The van der Waals surface area contributed by atoms with Gasteiger partial charge in [0.1, 0.15) is 5.75 Å². The number of carboxylic acid groups (broad SMARTS) is 1. The van der Waals surface area contributed by atoms with Gasteiger partial charge in [-0.1, -0.05) is 23.5 Å². The number of rotatable bonds is 10. The van der Waals surface area contributed by atoms with Gasteiger partial charge in [0.05, 0.1) is 34.6 Å². The molecule has 1 aromatic heterocycles. The summed E-state index contributed by atoms with van der Waals surface area (Å²) in [5.41, 5.74) is 0.659. The van der Waals surface area contributed by atoms with Gasteiger partial charge in [0, 0.05) is 6.61 Å². The predicted octanol–water partition coefficient (Wildman–Crippen LogP) is 4.06. The quantitative estimate of drug-likeness (QED) is 0.386. The zero-order chi connectivity index (χ0) is 26.0. The molecule has 0 bridgehead atoms. The second-order valence-electron chi connectivity index (χ2n) is 8.72. The molecule has 5 rings (SSSR count). The van der Waals surface area contributed by atoms with Gasteiger partial charge in [-0.3, -0.25) is 10.1 Å². The maximum Gasteiger partial charge on any atom is 0.335 e. The second-order valence-corrected chi connectivity index (χ2v) is 11.9. The first kappa shape index (κ1) is 25.3. The van der Waals surface area contributed by atoms with Gasteiger partial charge < -0.3 is 19.3 Å². The van der Waals surface area contributed by atoms with E-state index in [4.69, 9.17) is 19.3 Å². The lowest BCUT2D eigenvalue weighted by Gasteiger charge is -2.21. The number of ether oxygens (including phenoxy) is 3. The van der Waals surface area contributed by atoms with Crippen LogP contribution in [0.5, 0.6) is 10.8 Å². The molecule has 37 heavy (non-hydrogen) atoms. The van der Waals surface area contributed by atoms with Crippen LogP contribution in [0, 0.1) is 0 Å². The lowest BCUT2D eigenvalue weighted by molar-refractivity contribution is -0.131. The number of thiazole rings is 1. The number of carbonyl (C=O) groups excluding carboxylic acids is 1. The Kier molecular flexibility index (Phi) is 7.24. The molecule has 2 fully saturated rings. The van der Waals surface area contributed by atoms with Crippen LogP contribution < -0.4 is 10.1 Å². The topological polar surface area (TPSA) is 141 Å². The second kappa shape index (κ2) is 10.6. The SMILES string of the molecule is O=C(O)c1ccc(Oc2cnc(NC(=O)[C@@H](O[C@H]3CCOC3)c3ccc(S(=O)(=O)C4CC4)cc3)s2)cc1. The number of carbonyl (C=O) groups is 2. The molecule has 1 saturated heterocycles. The number of amides is 1. The van der Waals surface area contributed by atoms with Crippen LogP contribution in [0.15, 0.2) is 59.6 Å². The minimum Gasteiger partial charge on any atom is -0.478 e. The fourth-order valence-corrected chi connectivity index (χ4v) is 6.17. The van der Waals surface area contributed by atoms with Gasteiger partial charge in [0.15, 0.2) is 21.1 Å². The Balaban J connectivity index is 1.29. The largest absolute Gasteiger partial charge is 0.478 e. The van der Waals surface area contributed by atoms with Crippen molar-refractivity contribution in [3.05, 3.63) is 65.9 Å². The Bertz CT molecular complexity index is 1380. The third-order valence-corrected chi connectivity index (χ3v) is 9.03. The molecule has 1 aliphatic heterocycles. The van der Waals surface area contributed by atoms with E-state index >= 15 is 0 Å². The molecule has 1 aliphatic carbocycles. The first-order valence-corrected chi connectivity index (χ1v) is 14.0. The number of sulfone groups is 1. The third kappa shape index (κ3) is 5.99. The summed E-state index contributed by atoms with van der Waals surface area (Å²) in [6.45, 7) is 0.909. The monoisotopic (exact) mass is 544 g/mol. The number of aromatic nitrogens is 1. The van der Waals surface area contributed by atoms with Gasteiger partial charge in [-0.25, -0.2) is 18.2 Å². The summed E-state index contributed by atoms with van der Waals surface area (Å²) in [5.74, 6) is -1.07. The van der Waals surface area contributed by atoms with E-state index in [1.54, 1.807) is 12.1 Å². The van der Waals surface area contributed by atoms with Gasteiger partial charge in [-0.2, -0.15) is 0 Å². The minimum atomic E-state index is -3.34. The van der Waals surface area contributed by atoms with E-state index in [0.29, 0.717) is 48.9 Å². The van der Waals surface area contributed by atoms with E-state index in [2.05, 4.69) is 10.3 Å². The Labute approximate surface area is 217 Å². The summed E-state index contributed by atoms with van der Waals surface area (Å²) in [5, 5.41) is 12.1. The molecule has 3 aromatic rings. The van der Waals surface area contributed by atoms with Crippen molar-refractivity contribution in [2.45, 2.75) is 41.6 Å². The number of carboxylic acids is 1. The van der Waals surface area contributed by atoms with Gasteiger partial charge in [0.2, 0.25) is 5.06 Å². The van der Waals surface area contributed by atoms with Gasteiger partial charge in [0.25, 0.3) is 5.91 Å². The van der Waals surface area contributed by atoms with E-state index < -0.39 is 27.8 Å². The average Bonchev–Trinajstić information content (AvgIpc) is 3.47. The van der Waals surface area contributed by atoms with Crippen molar-refractivity contribution in [1.82, 2.24) is 4.98 Å². The fourth-order valence-electron chi connectivity index (χ4n) is 3.82. The Morgan fingerprint density at radius 3 is 2.43 bits per heavy atom. The van der Waals surface area contributed by atoms with Crippen LogP contribution in [-0.2, 0) is 24.1 Å².